The zero-order chi connectivity index (χ0) is 21.0. The van der Waals surface area contributed by atoms with Crippen LogP contribution in [-0.4, -0.2) is 30.6 Å². The van der Waals surface area contributed by atoms with Crippen molar-refractivity contribution in [1.82, 2.24) is 30.4 Å². The maximum atomic E-state index is 12.3. The summed E-state index contributed by atoms with van der Waals surface area (Å²) in [4.78, 5) is 20.8. The van der Waals surface area contributed by atoms with Crippen LogP contribution in [0, 0.1) is 20.8 Å². The van der Waals surface area contributed by atoms with Crippen molar-refractivity contribution in [3.05, 3.63) is 52.6 Å². The van der Waals surface area contributed by atoms with E-state index in [9.17, 15) is 4.79 Å². The number of thiocarbonyl (C=S) groups is 1. The summed E-state index contributed by atoms with van der Waals surface area (Å²) in [6, 6.07) is 6.10. The van der Waals surface area contributed by atoms with Crippen molar-refractivity contribution in [3.63, 3.8) is 0 Å². The average Bonchev–Trinajstić information content (AvgIpc) is 3.16. The van der Waals surface area contributed by atoms with Crippen LogP contribution < -0.4 is 16.2 Å². The first-order chi connectivity index (χ1) is 13.9. The largest absolute Gasteiger partial charge is 0.331 e. The second kappa shape index (κ2) is 8.95. The van der Waals surface area contributed by atoms with Crippen LogP contribution in [0.2, 0.25) is 0 Å². The molecule has 0 bridgehead atoms. The molecule has 0 aliphatic heterocycles. The quantitative estimate of drug-likeness (QED) is 0.439. The highest BCUT2D eigenvalue weighted by molar-refractivity contribution is 7.80. The van der Waals surface area contributed by atoms with E-state index in [0.29, 0.717) is 23.7 Å². The summed E-state index contributed by atoms with van der Waals surface area (Å²) < 4.78 is 1.69. The van der Waals surface area contributed by atoms with Crippen LogP contribution in [0.4, 0.5) is 5.69 Å². The number of para-hydroxylation sites is 1. The van der Waals surface area contributed by atoms with Gasteiger partial charge >= 0.3 is 0 Å². The van der Waals surface area contributed by atoms with E-state index in [4.69, 9.17) is 12.2 Å². The molecule has 0 saturated carbocycles. The third kappa shape index (κ3) is 4.68. The van der Waals surface area contributed by atoms with Crippen molar-refractivity contribution < 1.29 is 4.79 Å². The van der Waals surface area contributed by atoms with Gasteiger partial charge in [-0.1, -0.05) is 25.1 Å². The lowest BCUT2D eigenvalue weighted by Gasteiger charge is -2.16. The van der Waals surface area contributed by atoms with Gasteiger partial charge in [0.1, 0.15) is 6.33 Å². The number of hydrogen-bond acceptors (Lipinski definition) is 5. The molecule has 9 heteroatoms. The summed E-state index contributed by atoms with van der Waals surface area (Å²) in [5.74, 6) is 0.404. The molecule has 3 N–H and O–H groups in total. The normalized spacial score (nSPS) is 10.8. The topological polar surface area (TPSA) is 96.2 Å². The number of hydrazine groups is 1. The molecule has 8 nitrogen and oxygen atoms in total. The van der Waals surface area contributed by atoms with E-state index in [2.05, 4.69) is 44.2 Å². The number of benzene rings is 1. The van der Waals surface area contributed by atoms with Gasteiger partial charge in [-0.3, -0.25) is 15.6 Å². The molecule has 2 aromatic heterocycles. The third-order valence-corrected chi connectivity index (χ3v) is 5.09. The maximum absolute atomic E-state index is 12.3. The molecule has 0 radical (unpaired) electrons. The number of anilines is 1. The molecular formula is C20H25N7OS. The average molecular weight is 412 g/mol. The predicted octanol–water partition coefficient (Wildman–Crippen LogP) is 2.56. The molecule has 1 amide bonds. The van der Waals surface area contributed by atoms with Crippen molar-refractivity contribution >= 4 is 34.7 Å². The Morgan fingerprint density at radius 3 is 2.76 bits per heavy atom. The first-order valence-electron chi connectivity index (χ1n) is 9.50. The second-order valence-electron chi connectivity index (χ2n) is 6.82. The Kier molecular flexibility index (Phi) is 6.38. The minimum absolute atomic E-state index is 0.160. The SMILES string of the molecule is CCc1cccc(C)c1NC(=S)NNC(=O)CCc1c(C)nc2ncnn2c1C. The maximum Gasteiger partial charge on any atom is 0.252 e. The molecule has 0 spiro atoms. The fraction of sp³-hybridized carbons (Fsp3) is 0.350. The number of aromatic nitrogens is 4. The zero-order valence-electron chi connectivity index (χ0n) is 17.0. The number of carbonyl (C=O) groups excluding carboxylic acids is 1. The molecule has 0 aliphatic carbocycles. The Morgan fingerprint density at radius 2 is 2.00 bits per heavy atom. The number of rotatable bonds is 5. The molecule has 0 unspecified atom stereocenters. The smallest absolute Gasteiger partial charge is 0.252 e. The lowest BCUT2D eigenvalue weighted by atomic mass is 10.1. The fourth-order valence-electron chi connectivity index (χ4n) is 3.29. The van der Waals surface area contributed by atoms with Gasteiger partial charge in [0.25, 0.3) is 5.78 Å². The van der Waals surface area contributed by atoms with E-state index in [1.54, 1.807) is 4.52 Å². The number of nitrogens with one attached hydrogen (secondary N) is 3. The number of amides is 1. The molecule has 3 rings (SSSR count). The molecule has 1 aromatic carbocycles. The van der Waals surface area contributed by atoms with E-state index in [1.165, 1.54) is 11.9 Å². The first kappa shape index (κ1) is 20.7. The monoisotopic (exact) mass is 411 g/mol. The summed E-state index contributed by atoms with van der Waals surface area (Å²) >= 11 is 5.32. The van der Waals surface area contributed by atoms with Crippen LogP contribution in [0.25, 0.3) is 5.78 Å². The Hall–Kier alpha value is -3.07. The Bertz CT molecular complexity index is 1060. The number of hydrogen-bond donors (Lipinski definition) is 3. The highest BCUT2D eigenvalue weighted by Crippen LogP contribution is 2.20. The minimum atomic E-state index is -0.160. The van der Waals surface area contributed by atoms with Crippen molar-refractivity contribution in [1.29, 1.82) is 0 Å². The van der Waals surface area contributed by atoms with E-state index in [1.807, 2.05) is 32.9 Å². The summed E-state index contributed by atoms with van der Waals surface area (Å²) in [5.41, 5.74) is 11.5. The van der Waals surface area contributed by atoms with Gasteiger partial charge in [-0.25, -0.2) is 9.50 Å². The standard InChI is InChI=1S/C20H25N7OS/c1-5-15-8-6-7-12(2)18(15)24-20(29)26-25-17(28)10-9-16-13(3)23-19-21-11-22-27(19)14(16)4/h6-8,11H,5,9-10H2,1-4H3,(H,25,28)(H2,24,26,29). The highest BCUT2D eigenvalue weighted by Gasteiger charge is 2.13. The molecule has 0 aliphatic rings. The lowest BCUT2D eigenvalue weighted by Crippen LogP contribution is -2.44. The van der Waals surface area contributed by atoms with Gasteiger partial charge in [0.2, 0.25) is 5.91 Å². The highest BCUT2D eigenvalue weighted by atomic mass is 32.1. The van der Waals surface area contributed by atoms with Crippen LogP contribution >= 0.6 is 12.2 Å². The summed E-state index contributed by atoms with van der Waals surface area (Å²) in [6.45, 7) is 7.98. The van der Waals surface area contributed by atoms with Gasteiger partial charge in [-0.05, 0) is 62.5 Å². The van der Waals surface area contributed by atoms with Gasteiger partial charge in [-0.15, -0.1) is 0 Å². The molecule has 29 heavy (non-hydrogen) atoms. The second-order valence-corrected chi connectivity index (χ2v) is 7.23. The number of fused-ring (bicyclic) bond motifs is 1. The third-order valence-electron chi connectivity index (χ3n) is 4.88. The van der Waals surface area contributed by atoms with E-state index in [0.717, 1.165) is 34.6 Å². The van der Waals surface area contributed by atoms with Crippen LogP contribution in [0.15, 0.2) is 24.5 Å². The number of carbonyl (C=O) groups is 1. The van der Waals surface area contributed by atoms with Gasteiger partial charge in [-0.2, -0.15) is 10.1 Å². The lowest BCUT2D eigenvalue weighted by molar-refractivity contribution is -0.121. The van der Waals surface area contributed by atoms with E-state index in [-0.39, 0.29) is 5.91 Å². The molecular weight excluding hydrogens is 386 g/mol. The molecule has 0 saturated heterocycles. The minimum Gasteiger partial charge on any atom is -0.331 e. The van der Waals surface area contributed by atoms with Gasteiger partial charge in [0.05, 0.1) is 0 Å². The first-order valence-corrected chi connectivity index (χ1v) is 9.91. The van der Waals surface area contributed by atoms with E-state index >= 15 is 0 Å². The molecule has 0 fully saturated rings. The molecule has 2 heterocycles. The molecule has 3 aromatic rings. The Balaban J connectivity index is 1.55. The van der Waals surface area contributed by atoms with Crippen molar-refractivity contribution in [3.8, 4) is 0 Å². The molecule has 0 atom stereocenters. The number of aryl methyl sites for hydroxylation is 4. The predicted molar refractivity (Wildman–Crippen MR) is 117 cm³/mol. The zero-order valence-corrected chi connectivity index (χ0v) is 17.9. The Labute approximate surface area is 175 Å². The Morgan fingerprint density at radius 1 is 1.21 bits per heavy atom. The van der Waals surface area contributed by atoms with Gasteiger partial charge < -0.3 is 5.32 Å². The van der Waals surface area contributed by atoms with E-state index < -0.39 is 0 Å². The van der Waals surface area contributed by atoms with Gasteiger partial charge in [0.15, 0.2) is 5.11 Å². The van der Waals surface area contributed by atoms with Crippen molar-refractivity contribution in [2.75, 3.05) is 5.32 Å². The van der Waals surface area contributed by atoms with Gasteiger partial charge in [0, 0.05) is 23.5 Å². The van der Waals surface area contributed by atoms with Crippen LogP contribution in [0.5, 0.6) is 0 Å². The van der Waals surface area contributed by atoms with Crippen molar-refractivity contribution in [2.45, 2.75) is 47.0 Å². The van der Waals surface area contributed by atoms with Crippen molar-refractivity contribution in [2.24, 2.45) is 0 Å². The summed E-state index contributed by atoms with van der Waals surface area (Å²) in [6.07, 6.45) is 3.21. The summed E-state index contributed by atoms with van der Waals surface area (Å²) in [7, 11) is 0. The van der Waals surface area contributed by atoms with Crippen LogP contribution in [0.1, 0.15) is 41.4 Å². The number of nitrogens with zero attached hydrogens (tertiary/aromatic N) is 4. The summed E-state index contributed by atoms with van der Waals surface area (Å²) in [5, 5.41) is 7.69. The van der Waals surface area contributed by atoms with Crippen LogP contribution in [-0.2, 0) is 17.6 Å². The molecule has 152 valence electrons. The fourth-order valence-corrected chi connectivity index (χ4v) is 3.44. The van der Waals surface area contributed by atoms with Crippen LogP contribution in [0.3, 0.4) is 0 Å².